The molecule has 0 bridgehead atoms. The lowest BCUT2D eigenvalue weighted by Gasteiger charge is -2.13. The first-order valence-electron chi connectivity index (χ1n) is 5.41. The molecule has 84 valence electrons. The molecule has 0 spiro atoms. The standard InChI is InChI=1S/C11H13ClN4/c12-7-11(2-3-11)8-14-10-9-1-4-15-16(9)6-5-13-10/h1,4-6H,2-3,7-8H2,(H,13,14). The first-order valence-corrected chi connectivity index (χ1v) is 5.95. The van der Waals surface area contributed by atoms with Gasteiger partial charge in [0.15, 0.2) is 5.82 Å². The van der Waals surface area contributed by atoms with Crippen LogP contribution in [-0.2, 0) is 0 Å². The second-order valence-corrected chi connectivity index (χ2v) is 4.69. The summed E-state index contributed by atoms with van der Waals surface area (Å²) in [6.07, 6.45) is 7.80. The van der Waals surface area contributed by atoms with Gasteiger partial charge in [-0.15, -0.1) is 11.6 Å². The lowest BCUT2D eigenvalue weighted by molar-refractivity contribution is 0.617. The summed E-state index contributed by atoms with van der Waals surface area (Å²) in [5, 5.41) is 7.54. The minimum absolute atomic E-state index is 0.302. The van der Waals surface area contributed by atoms with E-state index in [-0.39, 0.29) is 0 Å². The normalized spacial score (nSPS) is 17.6. The largest absolute Gasteiger partial charge is 0.368 e. The van der Waals surface area contributed by atoms with E-state index in [9.17, 15) is 0 Å². The second-order valence-electron chi connectivity index (χ2n) is 4.42. The Kier molecular flexibility index (Phi) is 2.24. The van der Waals surface area contributed by atoms with Crippen LogP contribution in [0.5, 0.6) is 0 Å². The Morgan fingerprint density at radius 2 is 2.31 bits per heavy atom. The first-order chi connectivity index (χ1) is 7.83. The third-order valence-electron chi connectivity index (χ3n) is 3.20. The summed E-state index contributed by atoms with van der Waals surface area (Å²) in [5.74, 6) is 1.61. The van der Waals surface area contributed by atoms with Gasteiger partial charge in [0.2, 0.25) is 0 Å². The Morgan fingerprint density at radius 1 is 1.44 bits per heavy atom. The average Bonchev–Trinajstić information content (AvgIpc) is 2.94. The monoisotopic (exact) mass is 236 g/mol. The molecule has 1 aliphatic carbocycles. The number of hydrogen-bond donors (Lipinski definition) is 1. The highest BCUT2D eigenvalue weighted by atomic mass is 35.5. The predicted octanol–water partition coefficient (Wildman–Crippen LogP) is 2.16. The first kappa shape index (κ1) is 9.90. The van der Waals surface area contributed by atoms with Crippen molar-refractivity contribution in [3.8, 4) is 0 Å². The molecule has 1 N–H and O–H groups in total. The quantitative estimate of drug-likeness (QED) is 0.828. The number of anilines is 1. The maximum atomic E-state index is 5.94. The molecular weight excluding hydrogens is 224 g/mol. The highest BCUT2D eigenvalue weighted by molar-refractivity contribution is 6.18. The van der Waals surface area contributed by atoms with Gasteiger partial charge in [-0.2, -0.15) is 5.10 Å². The topological polar surface area (TPSA) is 42.2 Å². The van der Waals surface area contributed by atoms with Crippen LogP contribution < -0.4 is 5.32 Å². The van der Waals surface area contributed by atoms with E-state index in [0.29, 0.717) is 5.41 Å². The van der Waals surface area contributed by atoms with E-state index in [0.717, 1.165) is 23.8 Å². The minimum atomic E-state index is 0.302. The van der Waals surface area contributed by atoms with E-state index in [1.165, 1.54) is 12.8 Å². The fraction of sp³-hybridized carbons (Fsp3) is 0.455. The lowest BCUT2D eigenvalue weighted by Crippen LogP contribution is -2.17. The zero-order chi connectivity index (χ0) is 11.0. The Morgan fingerprint density at radius 3 is 3.06 bits per heavy atom. The van der Waals surface area contributed by atoms with E-state index in [1.54, 1.807) is 12.4 Å². The smallest absolute Gasteiger partial charge is 0.152 e. The molecule has 0 amide bonds. The van der Waals surface area contributed by atoms with Gasteiger partial charge >= 0.3 is 0 Å². The van der Waals surface area contributed by atoms with Gasteiger partial charge in [-0.25, -0.2) is 9.50 Å². The molecule has 0 aromatic carbocycles. The van der Waals surface area contributed by atoms with Crippen LogP contribution in [0.1, 0.15) is 12.8 Å². The molecule has 0 saturated heterocycles. The lowest BCUT2D eigenvalue weighted by atomic mass is 10.1. The van der Waals surface area contributed by atoms with Crippen LogP contribution >= 0.6 is 11.6 Å². The van der Waals surface area contributed by atoms with Crippen molar-refractivity contribution in [2.45, 2.75) is 12.8 Å². The van der Waals surface area contributed by atoms with Gasteiger partial charge in [0.1, 0.15) is 5.52 Å². The number of halogens is 1. The molecular formula is C11H13ClN4. The molecule has 0 atom stereocenters. The SMILES string of the molecule is ClCC1(CNc2nccn3nccc23)CC1. The fourth-order valence-electron chi connectivity index (χ4n) is 1.80. The molecule has 2 heterocycles. The fourth-order valence-corrected chi connectivity index (χ4v) is 2.16. The molecule has 3 rings (SSSR count). The van der Waals surface area contributed by atoms with Crippen molar-refractivity contribution in [1.82, 2.24) is 14.6 Å². The van der Waals surface area contributed by atoms with Crippen LogP contribution in [-0.4, -0.2) is 27.0 Å². The molecule has 2 aromatic heterocycles. The Bertz CT molecular complexity index is 503. The third kappa shape index (κ3) is 1.63. The van der Waals surface area contributed by atoms with E-state index in [2.05, 4.69) is 15.4 Å². The number of nitrogens with zero attached hydrogens (tertiary/aromatic N) is 3. The number of nitrogens with one attached hydrogen (secondary N) is 1. The van der Waals surface area contributed by atoms with E-state index in [4.69, 9.17) is 11.6 Å². The second kappa shape index (κ2) is 3.63. The van der Waals surface area contributed by atoms with Crippen LogP contribution in [0.15, 0.2) is 24.7 Å². The van der Waals surface area contributed by atoms with Crippen LogP contribution in [0.25, 0.3) is 5.52 Å². The molecule has 16 heavy (non-hydrogen) atoms. The summed E-state index contributed by atoms with van der Waals surface area (Å²) >= 11 is 5.94. The van der Waals surface area contributed by atoms with Crippen molar-refractivity contribution in [2.75, 3.05) is 17.7 Å². The molecule has 4 nitrogen and oxygen atoms in total. The van der Waals surface area contributed by atoms with Crippen LogP contribution in [0.3, 0.4) is 0 Å². The van der Waals surface area contributed by atoms with E-state index in [1.807, 2.05) is 16.8 Å². The van der Waals surface area contributed by atoms with Crippen molar-refractivity contribution >= 4 is 22.9 Å². The summed E-state index contributed by atoms with van der Waals surface area (Å²) in [6.45, 7) is 0.897. The average molecular weight is 237 g/mol. The summed E-state index contributed by atoms with van der Waals surface area (Å²) in [6, 6.07) is 1.95. The summed E-state index contributed by atoms with van der Waals surface area (Å²) in [4.78, 5) is 4.33. The van der Waals surface area contributed by atoms with E-state index >= 15 is 0 Å². The van der Waals surface area contributed by atoms with Gasteiger partial charge in [0, 0.05) is 30.2 Å². The minimum Gasteiger partial charge on any atom is -0.368 e. The molecule has 2 aromatic rings. The van der Waals surface area contributed by atoms with Gasteiger partial charge in [0.25, 0.3) is 0 Å². The van der Waals surface area contributed by atoms with Gasteiger partial charge in [-0.1, -0.05) is 0 Å². The van der Waals surface area contributed by atoms with E-state index < -0.39 is 0 Å². The van der Waals surface area contributed by atoms with Crippen LogP contribution in [0.4, 0.5) is 5.82 Å². The Hall–Kier alpha value is -1.29. The highest BCUT2D eigenvalue weighted by Gasteiger charge is 2.41. The summed E-state index contributed by atoms with van der Waals surface area (Å²) in [7, 11) is 0. The third-order valence-corrected chi connectivity index (χ3v) is 3.76. The molecule has 5 heteroatoms. The molecule has 0 aliphatic heterocycles. The molecule has 1 aliphatic rings. The molecule has 1 saturated carbocycles. The van der Waals surface area contributed by atoms with Crippen molar-refractivity contribution in [3.63, 3.8) is 0 Å². The van der Waals surface area contributed by atoms with Crippen molar-refractivity contribution in [2.24, 2.45) is 5.41 Å². The molecule has 0 radical (unpaired) electrons. The number of aromatic nitrogens is 3. The Balaban J connectivity index is 1.81. The number of rotatable bonds is 4. The molecule has 1 fully saturated rings. The maximum absolute atomic E-state index is 5.94. The highest BCUT2D eigenvalue weighted by Crippen LogP contribution is 2.46. The Labute approximate surface area is 98.6 Å². The van der Waals surface area contributed by atoms with Crippen molar-refractivity contribution in [3.05, 3.63) is 24.7 Å². The van der Waals surface area contributed by atoms with Crippen molar-refractivity contribution < 1.29 is 0 Å². The van der Waals surface area contributed by atoms with Crippen molar-refractivity contribution in [1.29, 1.82) is 0 Å². The van der Waals surface area contributed by atoms with Gasteiger partial charge < -0.3 is 5.32 Å². The summed E-state index contributed by atoms with van der Waals surface area (Å²) < 4.78 is 1.82. The predicted molar refractivity (Wildman–Crippen MR) is 63.9 cm³/mol. The maximum Gasteiger partial charge on any atom is 0.152 e. The number of fused-ring (bicyclic) bond motifs is 1. The number of alkyl halides is 1. The summed E-state index contributed by atoms with van der Waals surface area (Å²) in [5.41, 5.74) is 1.31. The van der Waals surface area contributed by atoms with Gasteiger partial charge in [-0.05, 0) is 18.9 Å². The zero-order valence-electron chi connectivity index (χ0n) is 8.86. The van der Waals surface area contributed by atoms with Gasteiger partial charge in [-0.3, -0.25) is 0 Å². The van der Waals surface area contributed by atoms with Crippen LogP contribution in [0, 0.1) is 5.41 Å². The molecule has 0 unspecified atom stereocenters. The van der Waals surface area contributed by atoms with Gasteiger partial charge in [0.05, 0.1) is 6.20 Å². The van der Waals surface area contributed by atoms with Crippen LogP contribution in [0.2, 0.25) is 0 Å². The zero-order valence-corrected chi connectivity index (χ0v) is 9.61. The number of hydrogen-bond acceptors (Lipinski definition) is 3.